The lowest BCUT2D eigenvalue weighted by Crippen LogP contribution is -2.61. The highest BCUT2D eigenvalue weighted by molar-refractivity contribution is 8.77. The van der Waals surface area contributed by atoms with Crippen LogP contribution in [0.1, 0.15) is 116 Å². The van der Waals surface area contributed by atoms with Crippen LogP contribution < -0.4 is 98.2 Å². The van der Waals surface area contributed by atoms with E-state index in [4.69, 9.17) is 34.4 Å². The van der Waals surface area contributed by atoms with Crippen LogP contribution in [0.2, 0.25) is 0 Å². The molecule has 28 N–H and O–H groups in total. The van der Waals surface area contributed by atoms with Gasteiger partial charge in [-0.2, -0.15) is 0 Å². The van der Waals surface area contributed by atoms with Gasteiger partial charge in [0, 0.05) is 67.5 Å². The summed E-state index contributed by atoms with van der Waals surface area (Å²) in [4.78, 5) is 284. The number of amides is 17. The number of carbonyl (C=O) groups is 19. The first-order valence-electron chi connectivity index (χ1n) is 38.1. The number of nitrogens with zero attached hydrogens (tertiary/aromatic N) is 5. The molecule has 15 atom stereocenters. The maximum Gasteiger partial charge on any atom is 0.305 e. The summed E-state index contributed by atoms with van der Waals surface area (Å²) in [7, 11) is 3.08. The molecule has 118 heavy (non-hydrogen) atoms. The Labute approximate surface area is 692 Å². The largest absolute Gasteiger partial charge is 0.481 e. The number of unbranched alkanes of at least 4 members (excludes halogenated alkanes) is 1. The predicted octanol–water partition coefficient (Wildman–Crippen LogP) is -9.98. The van der Waals surface area contributed by atoms with Crippen molar-refractivity contribution in [2.24, 2.45) is 45.3 Å². The fourth-order valence-electron chi connectivity index (χ4n) is 13.3. The van der Waals surface area contributed by atoms with E-state index in [1.165, 1.54) is 12.5 Å². The number of nitrogens with two attached hydrogens (primary N) is 6. The maximum atomic E-state index is 15.1. The molecule has 0 aromatic carbocycles. The molecule has 17 amide bonds. The van der Waals surface area contributed by atoms with Crippen molar-refractivity contribution in [2.45, 2.75) is 207 Å². The van der Waals surface area contributed by atoms with Crippen LogP contribution in [0.25, 0.3) is 0 Å². The molecule has 5 saturated heterocycles. The summed E-state index contributed by atoms with van der Waals surface area (Å²) in [5, 5.41) is 60.3. The van der Waals surface area contributed by atoms with Crippen molar-refractivity contribution in [3.05, 3.63) is 18.2 Å². The molecule has 0 spiro atoms. The van der Waals surface area contributed by atoms with Crippen molar-refractivity contribution in [2.75, 3.05) is 68.9 Å². The summed E-state index contributed by atoms with van der Waals surface area (Å²) < 4.78 is 0. The number of fused-ring (bicyclic) bond motifs is 11. The second kappa shape index (κ2) is 47.9. The lowest BCUT2D eigenvalue weighted by molar-refractivity contribution is -0.149. The number of aliphatic imine (C=N–C) groups is 1. The number of aromatic amines is 1. The fourth-order valence-corrected chi connectivity index (χ4v) is 18.0. The standard InChI is InChI=1S/C68H106N24O22S4/c1-32(2)19-36-56(103)87-42(53(72)100)27-115-117-29-44-62(109)86-41(26-93)59(106)85-40(23-52(98)99)66(113)92-18-8-13-48(92)67(114)91-17-7-12-47(91)64(111)89-45(30-118-116-28-43(60(107)88-44)78-50(95)24-70)61(108)80-35(10-5-15-76-68(73)74)54(101)82-37(21-49(71)94)57(104)79-34(9-3-4-14-69)55(102)84-39(20-33-25-75-31-77-33)65(112)90-16-6-11-46(90)63(110)83-38(22-51(96)97)58(105)81-36/h25,31-32,34-48,93H,3-24,26-30,69-70H2,1-2H3,(H2,71,94)(H2,72,100)(H,75,77)(H,78,95)(H,79,104)(H,80,108)(H,81,105)(H,82,101)(H,83,110)(H,84,102)(H,85,106)(H,86,109)(H,87,103)(H,88,107)(H,89,111)(H,96,97)(H,98,99)(H4,73,74,76)/t34-,35-,36-,37-,38-,39-,40-,41-,42-,43-,44-,45-,46-,47-,48-/m0/s1. The van der Waals surface area contributed by atoms with Gasteiger partial charge in [-0.05, 0) is 89.5 Å². The molecular weight excluding hydrogens is 1630 g/mol. The van der Waals surface area contributed by atoms with E-state index < -0.39 is 264 Å². The van der Waals surface area contributed by atoms with E-state index >= 15 is 9.59 Å². The molecule has 0 saturated carbocycles. The molecule has 1 aromatic heterocycles. The smallest absolute Gasteiger partial charge is 0.305 e. The second-order valence-electron chi connectivity index (χ2n) is 28.8. The van der Waals surface area contributed by atoms with Gasteiger partial charge in [-0.1, -0.05) is 57.0 Å². The van der Waals surface area contributed by atoms with Crippen molar-refractivity contribution < 1.29 is 106 Å². The number of aliphatic hydroxyl groups is 1. The van der Waals surface area contributed by atoms with Gasteiger partial charge in [0.2, 0.25) is 100 Å². The highest BCUT2D eigenvalue weighted by atomic mass is 33.1. The van der Waals surface area contributed by atoms with Crippen LogP contribution in [0.15, 0.2) is 17.5 Å². The molecule has 0 unspecified atom stereocenters. The first kappa shape index (κ1) is 96.5. The van der Waals surface area contributed by atoms with Crippen molar-refractivity contribution in [3.8, 4) is 0 Å². The van der Waals surface area contributed by atoms with Gasteiger partial charge < -0.3 is 133 Å². The number of hydrogen-bond donors (Lipinski definition) is 22. The topological polar surface area (TPSA) is 736 Å². The van der Waals surface area contributed by atoms with Crippen LogP contribution >= 0.6 is 43.2 Å². The molecule has 50 heteroatoms. The van der Waals surface area contributed by atoms with Gasteiger partial charge in [-0.15, -0.1) is 0 Å². The SMILES string of the molecule is CC(C)C[C@@H]1NC(=O)[C@H](CC(=O)O)NC(=O)[C@@H]2CCCN2C(=O)[C@H](Cc2cnc[nH]2)NC(=O)[C@H](CCCCN)NC(=O)[C@H](CC(N)=O)NC(=O)[C@H](CCCN=C(N)N)NC(=O)[C@@H]2CSSC[C@H](NC(=O)CN)C(=O)N[C@@H](CSSC[C@@H](C(N)=O)NC1=O)C(=O)N[C@@H](CO)C(=O)N[C@@H](CC(=O)O)C(=O)N1CCC[C@H]1C(=O)N1CCC[C@H]1C(=O)N2. The van der Waals surface area contributed by atoms with Crippen molar-refractivity contribution >= 4 is 161 Å². The lowest BCUT2D eigenvalue weighted by atomic mass is 10.0. The first-order valence-corrected chi connectivity index (χ1v) is 43.1. The average molecular weight is 1740 g/mol. The Kier molecular flexibility index (Phi) is 39.2. The number of guanidine groups is 1. The summed E-state index contributed by atoms with van der Waals surface area (Å²) >= 11 is 0. The Morgan fingerprint density at radius 1 is 0.508 bits per heavy atom. The molecule has 2 bridgehead atoms. The van der Waals surface area contributed by atoms with Gasteiger partial charge in [0.05, 0.1) is 38.7 Å². The van der Waals surface area contributed by atoms with Gasteiger partial charge >= 0.3 is 11.9 Å². The predicted molar refractivity (Wildman–Crippen MR) is 425 cm³/mol. The molecule has 5 aliphatic rings. The van der Waals surface area contributed by atoms with Crippen LogP contribution in [0.5, 0.6) is 0 Å². The highest BCUT2D eigenvalue weighted by Crippen LogP contribution is 2.30. The summed E-state index contributed by atoms with van der Waals surface area (Å²) in [6.45, 7) is 0.873. The third-order valence-electron chi connectivity index (χ3n) is 19.3. The van der Waals surface area contributed by atoms with Crippen LogP contribution in [0, 0.1) is 5.92 Å². The van der Waals surface area contributed by atoms with Crippen molar-refractivity contribution in [1.29, 1.82) is 0 Å². The summed E-state index contributed by atoms with van der Waals surface area (Å²) in [5.74, 6) is -24.6. The third-order valence-corrected chi connectivity index (χ3v) is 24.2. The van der Waals surface area contributed by atoms with E-state index in [1.807, 2.05) is 0 Å². The van der Waals surface area contributed by atoms with Gasteiger partial charge in [-0.25, -0.2) is 4.98 Å². The van der Waals surface area contributed by atoms with Crippen LogP contribution in [-0.2, 0) is 97.5 Å². The minimum atomic E-state index is -2.02. The van der Waals surface area contributed by atoms with E-state index in [0.29, 0.717) is 0 Å². The molecule has 6 rings (SSSR count). The number of aromatic nitrogens is 2. The van der Waals surface area contributed by atoms with Gasteiger partial charge in [-0.3, -0.25) is 96.1 Å². The maximum absolute atomic E-state index is 15.1. The molecule has 654 valence electrons. The number of carboxylic acids is 2. The molecule has 5 aliphatic heterocycles. The average Bonchev–Trinajstić information content (AvgIpc) is 1.62. The minimum Gasteiger partial charge on any atom is -0.481 e. The van der Waals surface area contributed by atoms with Crippen LogP contribution in [-0.4, -0.2) is 318 Å². The number of carboxylic acid groups (broad SMARTS) is 2. The Morgan fingerprint density at radius 2 is 0.958 bits per heavy atom. The van der Waals surface area contributed by atoms with E-state index in [9.17, 15) is 96.8 Å². The summed E-state index contributed by atoms with van der Waals surface area (Å²) in [5.41, 5.74) is 34.6. The zero-order valence-corrected chi connectivity index (χ0v) is 68.2. The molecule has 1 aromatic rings. The first-order chi connectivity index (χ1) is 56.0. The number of H-pyrrole nitrogens is 1. The third kappa shape index (κ3) is 29.9. The minimum absolute atomic E-state index is 0.0277. The Hall–Kier alpha value is -10.3. The molecule has 46 nitrogen and oxygen atoms in total. The zero-order valence-electron chi connectivity index (χ0n) is 64.9. The highest BCUT2D eigenvalue weighted by Gasteiger charge is 2.47. The number of hydrogen-bond acceptors (Lipinski definition) is 28. The molecule has 0 radical (unpaired) electrons. The molecular formula is C68H106N24O22S4. The number of imidazole rings is 1. The normalized spacial score (nSPS) is 27.5. The van der Waals surface area contributed by atoms with E-state index in [2.05, 4.69) is 78.8 Å². The summed E-state index contributed by atoms with van der Waals surface area (Å²) in [6, 6.07) is -25.5. The number of primary amides is 2. The number of rotatable bonds is 22. The van der Waals surface area contributed by atoms with E-state index in [-0.39, 0.29) is 128 Å². The summed E-state index contributed by atoms with van der Waals surface area (Å²) in [6.07, 6.45) is -0.983. The Balaban J connectivity index is 1.50. The molecule has 0 aliphatic carbocycles. The van der Waals surface area contributed by atoms with Crippen LogP contribution in [0.3, 0.4) is 0 Å². The monoisotopic (exact) mass is 1740 g/mol. The quantitative estimate of drug-likeness (QED) is 0.0222. The number of aliphatic hydroxyl groups excluding tert-OH is 1. The zero-order chi connectivity index (χ0) is 87.0. The van der Waals surface area contributed by atoms with Gasteiger partial charge in [0.15, 0.2) is 5.96 Å². The Morgan fingerprint density at radius 3 is 1.50 bits per heavy atom. The van der Waals surface area contributed by atoms with Crippen molar-refractivity contribution in [3.63, 3.8) is 0 Å². The van der Waals surface area contributed by atoms with E-state index in [1.54, 1.807) is 13.8 Å². The lowest BCUT2D eigenvalue weighted by Gasteiger charge is -2.33. The second-order valence-corrected chi connectivity index (χ2v) is 33.9. The number of nitrogens with one attached hydrogen (secondary N) is 13. The van der Waals surface area contributed by atoms with Gasteiger partial charge in [0.1, 0.15) is 90.6 Å². The molecule has 5 fully saturated rings. The van der Waals surface area contributed by atoms with Gasteiger partial charge in [0.25, 0.3) is 0 Å². The Bertz CT molecular complexity index is 3830. The number of carbonyl (C=O) groups excluding carboxylic acids is 17. The van der Waals surface area contributed by atoms with Crippen LogP contribution in [0.4, 0.5) is 0 Å². The fraction of sp³-hybridized carbons (Fsp3) is 0.662. The number of aliphatic carboxylic acids is 2. The van der Waals surface area contributed by atoms with E-state index in [0.717, 1.165) is 57.9 Å². The molecule has 6 heterocycles. The van der Waals surface area contributed by atoms with Crippen molar-refractivity contribution in [1.82, 2.24) is 88.5 Å².